The average molecular weight is 325 g/mol. The molecule has 0 aliphatic carbocycles. The zero-order valence-corrected chi connectivity index (χ0v) is 13.2. The summed E-state index contributed by atoms with van der Waals surface area (Å²) in [5, 5.41) is 8.98. The average Bonchev–Trinajstić information content (AvgIpc) is 2.80. The second-order valence-corrected chi connectivity index (χ2v) is 7.74. The minimum atomic E-state index is -3.70. The Morgan fingerprint density at radius 2 is 2.00 bits per heavy atom. The van der Waals surface area contributed by atoms with Crippen LogP contribution in [0.2, 0.25) is 0 Å². The van der Waals surface area contributed by atoms with E-state index in [9.17, 15) is 13.2 Å². The van der Waals surface area contributed by atoms with Gasteiger partial charge in [0, 0.05) is 6.54 Å². The van der Waals surface area contributed by atoms with Gasteiger partial charge in [0.15, 0.2) is 0 Å². The van der Waals surface area contributed by atoms with Crippen LogP contribution in [-0.4, -0.2) is 19.5 Å². The molecule has 2 rings (SSSR count). The number of aromatic carboxylic acids is 1. The number of carboxylic acids is 1. The van der Waals surface area contributed by atoms with E-state index in [1.807, 2.05) is 31.2 Å². The van der Waals surface area contributed by atoms with E-state index in [1.165, 1.54) is 6.07 Å². The molecule has 112 valence electrons. The summed E-state index contributed by atoms with van der Waals surface area (Å²) in [7, 11) is -3.70. The summed E-state index contributed by atoms with van der Waals surface area (Å²) >= 11 is 0.763. The Kier molecular flexibility index (Phi) is 4.46. The molecule has 0 spiro atoms. The second-order valence-electron chi connectivity index (χ2n) is 4.70. The van der Waals surface area contributed by atoms with Gasteiger partial charge >= 0.3 is 5.97 Å². The number of rotatable bonds is 5. The van der Waals surface area contributed by atoms with E-state index in [-0.39, 0.29) is 15.6 Å². The van der Waals surface area contributed by atoms with E-state index in [0.717, 1.165) is 22.5 Å². The molecular weight excluding hydrogens is 310 g/mol. The zero-order valence-electron chi connectivity index (χ0n) is 11.6. The van der Waals surface area contributed by atoms with Crippen LogP contribution in [0.1, 0.15) is 26.4 Å². The minimum Gasteiger partial charge on any atom is -0.477 e. The Labute approximate surface area is 127 Å². The predicted octanol–water partition coefficient (Wildman–Crippen LogP) is 2.54. The van der Waals surface area contributed by atoms with Gasteiger partial charge in [-0.05, 0) is 31.0 Å². The van der Waals surface area contributed by atoms with Gasteiger partial charge in [-0.1, -0.05) is 29.8 Å². The Bertz CT molecular complexity index is 778. The van der Waals surface area contributed by atoms with Crippen molar-refractivity contribution in [3.05, 3.63) is 51.9 Å². The Morgan fingerprint density at radius 1 is 1.29 bits per heavy atom. The van der Waals surface area contributed by atoms with Gasteiger partial charge in [0.05, 0.1) is 0 Å². The summed E-state index contributed by atoms with van der Waals surface area (Å²) in [5.74, 6) is -1.11. The number of benzene rings is 1. The van der Waals surface area contributed by atoms with Gasteiger partial charge < -0.3 is 5.11 Å². The summed E-state index contributed by atoms with van der Waals surface area (Å²) in [6, 6.07) is 8.89. The van der Waals surface area contributed by atoms with Gasteiger partial charge in [0.1, 0.15) is 9.09 Å². The van der Waals surface area contributed by atoms with Gasteiger partial charge in [-0.15, -0.1) is 11.3 Å². The molecule has 1 heterocycles. The molecule has 1 aromatic heterocycles. The number of carboxylic acid groups (broad SMARTS) is 1. The Morgan fingerprint density at radius 3 is 2.57 bits per heavy atom. The smallest absolute Gasteiger partial charge is 0.346 e. The first-order valence-electron chi connectivity index (χ1n) is 6.18. The van der Waals surface area contributed by atoms with Crippen LogP contribution in [0.15, 0.2) is 34.5 Å². The lowest BCUT2D eigenvalue weighted by molar-refractivity contribution is 0.0701. The maximum atomic E-state index is 12.2. The molecule has 0 saturated heterocycles. The molecule has 21 heavy (non-hydrogen) atoms. The molecule has 2 aromatic rings. The maximum absolute atomic E-state index is 12.2. The Hall–Kier alpha value is -1.70. The molecular formula is C14H15NO4S2. The van der Waals surface area contributed by atoms with Crippen LogP contribution in [0.25, 0.3) is 0 Å². The largest absolute Gasteiger partial charge is 0.477 e. The highest BCUT2D eigenvalue weighted by molar-refractivity contribution is 7.91. The zero-order chi connectivity index (χ0) is 15.6. The Balaban J connectivity index is 2.19. The van der Waals surface area contributed by atoms with Crippen molar-refractivity contribution in [3.8, 4) is 0 Å². The van der Waals surface area contributed by atoms with E-state index in [2.05, 4.69) is 4.72 Å². The molecule has 0 saturated carbocycles. The summed E-state index contributed by atoms with van der Waals surface area (Å²) in [6.45, 7) is 3.68. The maximum Gasteiger partial charge on any atom is 0.346 e. The number of thiophene rings is 1. The van der Waals surface area contributed by atoms with Gasteiger partial charge in [0.25, 0.3) is 0 Å². The third-order valence-corrected chi connectivity index (χ3v) is 6.00. The van der Waals surface area contributed by atoms with E-state index in [1.54, 1.807) is 6.92 Å². The molecule has 0 bridgehead atoms. The number of hydrogen-bond donors (Lipinski definition) is 2. The standard InChI is InChI=1S/C14H15NO4S2/c1-9-4-3-5-11(6-9)8-15-21(18,19)12-7-10(2)13(20-12)14(16)17/h3-7,15H,8H2,1-2H3,(H,16,17). The molecule has 5 nitrogen and oxygen atoms in total. The molecule has 0 atom stereocenters. The summed E-state index contributed by atoms with van der Waals surface area (Å²) < 4.78 is 26.9. The van der Waals surface area contributed by atoms with Crippen LogP contribution in [-0.2, 0) is 16.6 Å². The van der Waals surface area contributed by atoms with Gasteiger partial charge in [-0.2, -0.15) is 0 Å². The van der Waals surface area contributed by atoms with Crippen molar-refractivity contribution in [2.24, 2.45) is 0 Å². The van der Waals surface area contributed by atoms with Gasteiger partial charge in [-0.25, -0.2) is 17.9 Å². The molecule has 0 fully saturated rings. The van der Waals surface area contributed by atoms with Crippen molar-refractivity contribution in [2.45, 2.75) is 24.6 Å². The number of carbonyl (C=O) groups is 1. The molecule has 0 unspecified atom stereocenters. The van der Waals surface area contributed by atoms with Crippen molar-refractivity contribution >= 4 is 27.3 Å². The molecule has 0 amide bonds. The number of nitrogens with one attached hydrogen (secondary N) is 1. The fourth-order valence-electron chi connectivity index (χ4n) is 1.87. The van der Waals surface area contributed by atoms with Crippen LogP contribution < -0.4 is 4.72 Å². The van der Waals surface area contributed by atoms with Crippen molar-refractivity contribution in [1.82, 2.24) is 4.72 Å². The van der Waals surface area contributed by atoms with E-state index >= 15 is 0 Å². The fourth-order valence-corrected chi connectivity index (χ4v) is 4.31. The molecule has 2 N–H and O–H groups in total. The monoisotopic (exact) mass is 325 g/mol. The van der Waals surface area contributed by atoms with Crippen LogP contribution in [0, 0.1) is 13.8 Å². The van der Waals surface area contributed by atoms with Crippen molar-refractivity contribution < 1.29 is 18.3 Å². The molecule has 7 heteroatoms. The SMILES string of the molecule is Cc1cccc(CNS(=O)(=O)c2cc(C)c(C(=O)O)s2)c1. The topological polar surface area (TPSA) is 83.5 Å². The lowest BCUT2D eigenvalue weighted by Gasteiger charge is -2.05. The summed E-state index contributed by atoms with van der Waals surface area (Å²) in [6.07, 6.45) is 0. The molecule has 0 aliphatic heterocycles. The second kappa shape index (κ2) is 5.97. The van der Waals surface area contributed by atoms with E-state index in [0.29, 0.717) is 5.56 Å². The minimum absolute atomic E-state index is 0.0186. The van der Waals surface area contributed by atoms with Crippen LogP contribution >= 0.6 is 11.3 Å². The van der Waals surface area contributed by atoms with Gasteiger partial charge in [-0.3, -0.25) is 0 Å². The van der Waals surface area contributed by atoms with E-state index in [4.69, 9.17) is 5.11 Å². The number of hydrogen-bond acceptors (Lipinski definition) is 4. The van der Waals surface area contributed by atoms with Crippen LogP contribution in [0.4, 0.5) is 0 Å². The lowest BCUT2D eigenvalue weighted by Crippen LogP contribution is -2.22. The normalized spacial score (nSPS) is 11.5. The van der Waals surface area contributed by atoms with Gasteiger partial charge in [0.2, 0.25) is 10.0 Å². The molecule has 0 radical (unpaired) electrons. The first kappa shape index (κ1) is 15.7. The van der Waals surface area contributed by atoms with Crippen molar-refractivity contribution in [2.75, 3.05) is 0 Å². The molecule has 0 aliphatic rings. The highest BCUT2D eigenvalue weighted by atomic mass is 32.2. The first-order valence-corrected chi connectivity index (χ1v) is 8.48. The van der Waals surface area contributed by atoms with Crippen LogP contribution in [0.3, 0.4) is 0 Å². The highest BCUT2D eigenvalue weighted by Crippen LogP contribution is 2.26. The first-order chi connectivity index (χ1) is 9.79. The lowest BCUT2D eigenvalue weighted by atomic mass is 10.1. The highest BCUT2D eigenvalue weighted by Gasteiger charge is 2.21. The van der Waals surface area contributed by atoms with Crippen molar-refractivity contribution in [3.63, 3.8) is 0 Å². The number of sulfonamides is 1. The molecule has 1 aromatic carbocycles. The third-order valence-electron chi connectivity index (χ3n) is 2.90. The summed E-state index contributed by atoms with van der Waals surface area (Å²) in [4.78, 5) is 11.0. The fraction of sp³-hybridized carbons (Fsp3) is 0.214. The number of aryl methyl sites for hydroxylation is 2. The summed E-state index contributed by atoms with van der Waals surface area (Å²) in [5.41, 5.74) is 2.35. The van der Waals surface area contributed by atoms with Crippen LogP contribution in [0.5, 0.6) is 0 Å². The quantitative estimate of drug-likeness (QED) is 0.885. The van der Waals surface area contributed by atoms with E-state index < -0.39 is 16.0 Å². The predicted molar refractivity (Wildman–Crippen MR) is 81.2 cm³/mol. The third kappa shape index (κ3) is 3.69. The van der Waals surface area contributed by atoms with Crippen molar-refractivity contribution in [1.29, 1.82) is 0 Å².